The first-order valence-corrected chi connectivity index (χ1v) is 8.50. The van der Waals surface area contributed by atoms with E-state index in [4.69, 9.17) is 0 Å². The lowest BCUT2D eigenvalue weighted by atomic mass is 9.92. The lowest BCUT2D eigenvalue weighted by Gasteiger charge is -2.30. The molecule has 1 aliphatic rings. The van der Waals surface area contributed by atoms with Crippen LogP contribution in [0.4, 0.5) is 13.2 Å². The Hall–Kier alpha value is -1.27. The maximum atomic E-state index is 13.2. The van der Waals surface area contributed by atoms with Crippen molar-refractivity contribution in [1.29, 1.82) is 0 Å². The minimum absolute atomic E-state index is 0. The van der Waals surface area contributed by atoms with Gasteiger partial charge in [-0.1, -0.05) is 32.0 Å². The summed E-state index contributed by atoms with van der Waals surface area (Å²) in [7, 11) is 0. The van der Waals surface area contributed by atoms with E-state index in [1.807, 2.05) is 11.8 Å². The second-order valence-corrected chi connectivity index (χ2v) is 6.42. The van der Waals surface area contributed by atoms with Crippen LogP contribution < -0.4 is 5.32 Å². The van der Waals surface area contributed by atoms with Gasteiger partial charge >= 0.3 is 6.18 Å². The molecule has 1 aromatic rings. The van der Waals surface area contributed by atoms with E-state index >= 15 is 0 Å². The van der Waals surface area contributed by atoms with Crippen molar-refractivity contribution in [3.8, 4) is 0 Å². The fourth-order valence-electron chi connectivity index (χ4n) is 3.33. The summed E-state index contributed by atoms with van der Waals surface area (Å²) in [4.78, 5) is 14.5. The van der Waals surface area contributed by atoms with Gasteiger partial charge in [-0.2, -0.15) is 13.2 Å². The third kappa shape index (κ3) is 5.61. The van der Waals surface area contributed by atoms with E-state index in [1.54, 1.807) is 13.0 Å². The largest absolute Gasteiger partial charge is 0.416 e. The zero-order valence-corrected chi connectivity index (χ0v) is 15.4. The monoisotopic (exact) mass is 378 g/mol. The molecular formula is C18H26ClF3N2O. The average molecular weight is 379 g/mol. The quantitative estimate of drug-likeness (QED) is 0.803. The molecule has 1 heterocycles. The van der Waals surface area contributed by atoms with Gasteiger partial charge in [0.2, 0.25) is 5.91 Å². The zero-order chi connectivity index (χ0) is 17.7. The van der Waals surface area contributed by atoms with Gasteiger partial charge < -0.3 is 10.2 Å². The van der Waals surface area contributed by atoms with Crippen LogP contribution in [-0.2, 0) is 11.0 Å². The predicted molar refractivity (Wildman–Crippen MR) is 95.0 cm³/mol. The summed E-state index contributed by atoms with van der Waals surface area (Å²) in [6.45, 7) is 5.99. The second-order valence-electron chi connectivity index (χ2n) is 6.42. The van der Waals surface area contributed by atoms with Crippen LogP contribution in [0, 0.1) is 0 Å². The van der Waals surface area contributed by atoms with Crippen LogP contribution >= 0.6 is 12.4 Å². The van der Waals surface area contributed by atoms with Crippen molar-refractivity contribution in [2.75, 3.05) is 19.6 Å². The Morgan fingerprint density at radius 2 is 2.04 bits per heavy atom. The minimum Gasteiger partial charge on any atom is -0.338 e. The first-order valence-electron chi connectivity index (χ1n) is 8.50. The van der Waals surface area contributed by atoms with Gasteiger partial charge in [0.1, 0.15) is 0 Å². The van der Waals surface area contributed by atoms with Crippen LogP contribution in [0.5, 0.6) is 0 Å². The smallest absolute Gasteiger partial charge is 0.338 e. The molecule has 0 saturated carbocycles. The number of nitrogens with one attached hydrogen (secondary N) is 1. The summed E-state index contributed by atoms with van der Waals surface area (Å²) in [6, 6.07) is 5.69. The molecule has 0 spiro atoms. The van der Waals surface area contributed by atoms with Crippen LogP contribution in [0.1, 0.15) is 50.2 Å². The van der Waals surface area contributed by atoms with E-state index in [-0.39, 0.29) is 36.3 Å². The fourth-order valence-corrected chi connectivity index (χ4v) is 3.33. The highest BCUT2D eigenvalue weighted by molar-refractivity contribution is 5.85. The van der Waals surface area contributed by atoms with Crippen LogP contribution in [0.2, 0.25) is 0 Å². The van der Waals surface area contributed by atoms with E-state index in [2.05, 4.69) is 5.32 Å². The standard InChI is InChI=1S/C18H25F3N2O.ClH/c1-3-10-23(14-8-9-22-12-14)17(24)11-13(2)15-6-4-5-7-16(15)18(19,20)21;/h4-7,13-14,22H,3,8-12H2,1-2H3;1H. The van der Waals surface area contributed by atoms with E-state index in [0.717, 1.165) is 32.0 Å². The van der Waals surface area contributed by atoms with E-state index < -0.39 is 17.7 Å². The van der Waals surface area contributed by atoms with Crippen molar-refractivity contribution in [3.05, 3.63) is 35.4 Å². The summed E-state index contributed by atoms with van der Waals surface area (Å²) in [6.07, 6.45) is -2.55. The van der Waals surface area contributed by atoms with E-state index in [0.29, 0.717) is 6.54 Å². The van der Waals surface area contributed by atoms with E-state index in [9.17, 15) is 18.0 Å². The molecule has 0 radical (unpaired) electrons. The third-order valence-corrected chi connectivity index (χ3v) is 4.54. The summed E-state index contributed by atoms with van der Waals surface area (Å²) >= 11 is 0. The zero-order valence-electron chi connectivity index (χ0n) is 14.6. The minimum atomic E-state index is -4.40. The molecule has 1 fully saturated rings. The Morgan fingerprint density at radius 3 is 2.60 bits per heavy atom. The molecule has 1 aliphatic heterocycles. The van der Waals surface area contributed by atoms with Gasteiger partial charge in [0, 0.05) is 25.6 Å². The van der Waals surface area contributed by atoms with Crippen LogP contribution in [0.15, 0.2) is 24.3 Å². The number of amides is 1. The van der Waals surface area contributed by atoms with Gasteiger partial charge in [-0.3, -0.25) is 4.79 Å². The molecule has 2 rings (SSSR count). The lowest BCUT2D eigenvalue weighted by molar-refractivity contribution is -0.139. The average Bonchev–Trinajstić information content (AvgIpc) is 3.05. The first-order chi connectivity index (χ1) is 11.3. The number of benzene rings is 1. The van der Waals surface area contributed by atoms with Gasteiger partial charge in [0.05, 0.1) is 5.56 Å². The molecule has 1 N–H and O–H groups in total. The van der Waals surface area contributed by atoms with Crippen molar-refractivity contribution in [2.45, 2.75) is 51.2 Å². The highest BCUT2D eigenvalue weighted by atomic mass is 35.5. The summed E-state index contributed by atoms with van der Waals surface area (Å²) < 4.78 is 39.5. The summed E-state index contributed by atoms with van der Waals surface area (Å²) in [5.41, 5.74) is -0.450. The number of hydrogen-bond donors (Lipinski definition) is 1. The van der Waals surface area contributed by atoms with Crippen molar-refractivity contribution in [2.24, 2.45) is 0 Å². The third-order valence-electron chi connectivity index (χ3n) is 4.54. The molecule has 142 valence electrons. The molecule has 1 amide bonds. The van der Waals surface area contributed by atoms with Crippen LogP contribution in [0.3, 0.4) is 0 Å². The Balaban J connectivity index is 0.00000312. The molecule has 7 heteroatoms. The number of carbonyl (C=O) groups excluding carboxylic acids is 1. The highest BCUT2D eigenvalue weighted by Gasteiger charge is 2.35. The highest BCUT2D eigenvalue weighted by Crippen LogP contribution is 2.36. The molecule has 0 aliphatic carbocycles. The Morgan fingerprint density at radius 1 is 1.36 bits per heavy atom. The molecule has 0 aromatic heterocycles. The number of nitrogens with zero attached hydrogens (tertiary/aromatic N) is 1. The molecular weight excluding hydrogens is 353 g/mol. The Bertz CT molecular complexity index is 559. The van der Waals surface area contributed by atoms with Gasteiger partial charge in [0.15, 0.2) is 0 Å². The van der Waals surface area contributed by atoms with E-state index in [1.165, 1.54) is 12.1 Å². The predicted octanol–water partition coefficient (Wildman–Crippen LogP) is 4.22. The molecule has 2 unspecified atom stereocenters. The van der Waals surface area contributed by atoms with Gasteiger partial charge in [-0.05, 0) is 36.9 Å². The van der Waals surface area contributed by atoms with Crippen LogP contribution in [-0.4, -0.2) is 36.5 Å². The summed E-state index contributed by atoms with van der Waals surface area (Å²) in [5.74, 6) is -0.529. The maximum Gasteiger partial charge on any atom is 0.416 e. The Kier molecular flexibility index (Phi) is 8.22. The summed E-state index contributed by atoms with van der Waals surface area (Å²) in [5, 5.41) is 3.24. The van der Waals surface area contributed by atoms with Crippen molar-refractivity contribution < 1.29 is 18.0 Å². The maximum absolute atomic E-state index is 13.2. The molecule has 25 heavy (non-hydrogen) atoms. The lowest BCUT2D eigenvalue weighted by Crippen LogP contribution is -2.42. The van der Waals surface area contributed by atoms with Gasteiger partial charge in [-0.25, -0.2) is 0 Å². The molecule has 1 saturated heterocycles. The molecule has 0 bridgehead atoms. The van der Waals surface area contributed by atoms with Crippen molar-refractivity contribution in [1.82, 2.24) is 10.2 Å². The Labute approximate surface area is 153 Å². The van der Waals surface area contributed by atoms with Gasteiger partial charge in [-0.15, -0.1) is 12.4 Å². The molecule has 1 aromatic carbocycles. The normalized spacial score (nSPS) is 18.5. The van der Waals surface area contributed by atoms with Gasteiger partial charge in [0.25, 0.3) is 0 Å². The number of carbonyl (C=O) groups is 1. The molecule has 3 nitrogen and oxygen atoms in total. The number of rotatable bonds is 6. The second kappa shape index (κ2) is 9.43. The molecule has 2 atom stereocenters. The van der Waals surface area contributed by atoms with Crippen molar-refractivity contribution >= 4 is 18.3 Å². The number of halogens is 4. The number of hydrogen-bond acceptors (Lipinski definition) is 2. The topological polar surface area (TPSA) is 32.3 Å². The fraction of sp³-hybridized carbons (Fsp3) is 0.611. The SMILES string of the molecule is CCCN(C(=O)CC(C)c1ccccc1C(F)(F)F)C1CCNC1.Cl. The van der Waals surface area contributed by atoms with Crippen LogP contribution in [0.25, 0.3) is 0 Å². The van der Waals surface area contributed by atoms with Crippen molar-refractivity contribution in [3.63, 3.8) is 0 Å². The number of alkyl halides is 3. The first kappa shape index (κ1) is 21.8.